The summed E-state index contributed by atoms with van der Waals surface area (Å²) in [6, 6.07) is -1.17. The van der Waals surface area contributed by atoms with Crippen molar-refractivity contribution in [1.29, 1.82) is 0 Å². The third-order valence-electron chi connectivity index (χ3n) is 10.0. The number of ether oxygens (including phenoxy) is 2. The zero-order valence-corrected chi connectivity index (χ0v) is 32.5. The first kappa shape index (κ1) is 48.6. The lowest BCUT2D eigenvalue weighted by atomic mass is 9.98. The third kappa shape index (κ3) is 22.1. The highest BCUT2D eigenvalue weighted by Crippen LogP contribution is 2.23. The topological polar surface area (TPSA) is 189 Å². The predicted molar refractivity (Wildman–Crippen MR) is 205 cm³/mol. The normalized spacial score (nSPS) is 23.3. The summed E-state index contributed by atoms with van der Waals surface area (Å²) in [4.78, 5) is 13.0. The number of hydrogen-bond acceptors (Lipinski definition) is 10. The van der Waals surface area contributed by atoms with Crippen LogP contribution in [-0.4, -0.2) is 110 Å². The van der Waals surface area contributed by atoms with Crippen LogP contribution in [0.1, 0.15) is 162 Å². The van der Waals surface area contributed by atoms with Gasteiger partial charge in [0.2, 0.25) is 5.91 Å². The summed E-state index contributed by atoms with van der Waals surface area (Å²) in [5, 5.41) is 75.3. The molecule has 9 unspecified atom stereocenters. The van der Waals surface area contributed by atoms with Crippen LogP contribution in [0.15, 0.2) is 24.3 Å². The quantitative estimate of drug-likeness (QED) is 0.0315. The number of aliphatic hydroxyl groups is 7. The van der Waals surface area contributed by atoms with Crippen LogP contribution in [0.4, 0.5) is 0 Å². The summed E-state index contributed by atoms with van der Waals surface area (Å²) in [6.07, 6.45) is 20.9. The van der Waals surface area contributed by atoms with Crippen LogP contribution >= 0.6 is 0 Å². The summed E-state index contributed by atoms with van der Waals surface area (Å²) < 4.78 is 11.0. The number of nitrogens with one attached hydrogen (secondary N) is 1. The molecule has 0 radical (unpaired) electrons. The van der Waals surface area contributed by atoms with E-state index in [-0.39, 0.29) is 6.42 Å². The molecule has 0 aromatic rings. The first-order chi connectivity index (χ1) is 25.2. The average molecular weight is 744 g/mol. The van der Waals surface area contributed by atoms with Crippen molar-refractivity contribution in [2.75, 3.05) is 13.2 Å². The van der Waals surface area contributed by atoms with Crippen molar-refractivity contribution in [3.63, 3.8) is 0 Å². The Morgan fingerprint density at radius 1 is 0.673 bits per heavy atom. The second-order valence-corrected chi connectivity index (χ2v) is 14.7. The summed E-state index contributed by atoms with van der Waals surface area (Å²) >= 11 is 0. The van der Waals surface area contributed by atoms with E-state index in [0.29, 0.717) is 19.3 Å². The highest BCUT2D eigenvalue weighted by Gasteiger charge is 2.44. The molecular formula is C41H77NO10. The Bertz CT molecular complexity index is 903. The van der Waals surface area contributed by atoms with Crippen molar-refractivity contribution in [3.05, 3.63) is 24.3 Å². The van der Waals surface area contributed by atoms with E-state index < -0.39 is 74.2 Å². The van der Waals surface area contributed by atoms with Gasteiger partial charge in [-0.15, -0.1) is 0 Å². The number of carbonyl (C=O) groups is 1. The first-order valence-electron chi connectivity index (χ1n) is 20.8. The van der Waals surface area contributed by atoms with Crippen LogP contribution < -0.4 is 5.32 Å². The standard InChI is InChI=1S/C41H77NO10/c1-3-5-7-9-11-13-15-16-17-19-21-23-25-27-29-34(45)40(50)42-32(31-51-41-39(49)38(48)37(47)35(30-43)52-41)36(46)33(44)28-26-24-22-20-18-14-12-10-8-6-4-2/h11,13,15-16,32-39,41,43-49H,3-10,12,14,17-31H2,1-2H3,(H,42,50)/b13-11-,16-15-. The van der Waals surface area contributed by atoms with Crippen LogP contribution in [0.25, 0.3) is 0 Å². The zero-order valence-electron chi connectivity index (χ0n) is 32.5. The molecular weight excluding hydrogens is 666 g/mol. The fourth-order valence-corrected chi connectivity index (χ4v) is 6.49. The van der Waals surface area contributed by atoms with Crippen LogP contribution in [0.3, 0.4) is 0 Å². The summed E-state index contributed by atoms with van der Waals surface area (Å²) in [5.74, 6) is -0.712. The van der Waals surface area contributed by atoms with Gasteiger partial charge in [-0.1, -0.05) is 147 Å². The number of allylic oxidation sites excluding steroid dienone is 4. The van der Waals surface area contributed by atoms with E-state index in [0.717, 1.165) is 57.8 Å². The molecule has 0 aliphatic carbocycles. The van der Waals surface area contributed by atoms with E-state index in [9.17, 15) is 40.5 Å². The fourth-order valence-electron chi connectivity index (χ4n) is 6.49. The SMILES string of the molecule is CCCCC/C=C\C=C/CCCCCCCC(O)C(=O)NC(COC1OC(CO)C(O)C(O)C1O)C(O)C(O)CCCCCCCCCCCCC. The lowest BCUT2D eigenvalue weighted by Gasteiger charge is -2.40. The molecule has 1 fully saturated rings. The molecule has 9 atom stereocenters. The van der Waals surface area contributed by atoms with Crippen LogP contribution in [0.5, 0.6) is 0 Å². The average Bonchev–Trinajstić information content (AvgIpc) is 3.14. The maximum absolute atomic E-state index is 13.0. The summed E-state index contributed by atoms with van der Waals surface area (Å²) in [5.41, 5.74) is 0. The van der Waals surface area contributed by atoms with Gasteiger partial charge in [0.05, 0.1) is 25.4 Å². The summed E-state index contributed by atoms with van der Waals surface area (Å²) in [7, 11) is 0. The molecule has 0 spiro atoms. The van der Waals surface area contributed by atoms with Crippen LogP contribution in [-0.2, 0) is 14.3 Å². The number of hydrogen-bond donors (Lipinski definition) is 8. The molecule has 11 nitrogen and oxygen atoms in total. The van der Waals surface area contributed by atoms with E-state index in [1.54, 1.807) is 0 Å². The highest BCUT2D eigenvalue weighted by atomic mass is 16.7. The van der Waals surface area contributed by atoms with Crippen molar-refractivity contribution in [3.8, 4) is 0 Å². The molecule has 0 bridgehead atoms. The van der Waals surface area contributed by atoms with Crippen LogP contribution in [0, 0.1) is 0 Å². The molecule has 0 saturated carbocycles. The molecule has 306 valence electrons. The van der Waals surface area contributed by atoms with Gasteiger partial charge >= 0.3 is 0 Å². The Kier molecular flexibility index (Phi) is 29.8. The smallest absolute Gasteiger partial charge is 0.249 e. The number of rotatable bonds is 33. The Balaban J connectivity index is 2.55. The maximum atomic E-state index is 13.0. The van der Waals surface area contributed by atoms with E-state index in [1.807, 2.05) is 0 Å². The molecule has 11 heteroatoms. The Labute approximate surface area is 314 Å². The minimum Gasteiger partial charge on any atom is -0.394 e. The van der Waals surface area contributed by atoms with E-state index in [4.69, 9.17) is 9.47 Å². The van der Waals surface area contributed by atoms with Crippen molar-refractivity contribution < 1.29 is 50.0 Å². The third-order valence-corrected chi connectivity index (χ3v) is 10.0. The molecule has 1 aliphatic heterocycles. The number of aliphatic hydroxyl groups excluding tert-OH is 7. The predicted octanol–water partition coefficient (Wildman–Crippen LogP) is 5.49. The van der Waals surface area contributed by atoms with E-state index in [1.165, 1.54) is 64.2 Å². The minimum absolute atomic E-state index is 0.242. The first-order valence-corrected chi connectivity index (χ1v) is 20.8. The molecule has 1 saturated heterocycles. The van der Waals surface area contributed by atoms with Crippen molar-refractivity contribution in [1.82, 2.24) is 5.32 Å². The molecule has 52 heavy (non-hydrogen) atoms. The van der Waals surface area contributed by atoms with Crippen LogP contribution in [0.2, 0.25) is 0 Å². The minimum atomic E-state index is -1.66. The molecule has 8 N–H and O–H groups in total. The second-order valence-electron chi connectivity index (χ2n) is 14.7. The van der Waals surface area contributed by atoms with Gasteiger partial charge in [0.25, 0.3) is 0 Å². The maximum Gasteiger partial charge on any atom is 0.249 e. The second kappa shape index (κ2) is 31.9. The molecule has 0 aromatic heterocycles. The van der Waals surface area contributed by atoms with Crippen molar-refractivity contribution in [2.24, 2.45) is 0 Å². The largest absolute Gasteiger partial charge is 0.394 e. The fraction of sp³-hybridized carbons (Fsp3) is 0.878. The lowest BCUT2D eigenvalue weighted by molar-refractivity contribution is -0.303. The highest BCUT2D eigenvalue weighted by molar-refractivity contribution is 5.80. The number of amides is 1. The van der Waals surface area contributed by atoms with Gasteiger partial charge in [0.15, 0.2) is 6.29 Å². The molecule has 1 rings (SSSR count). The van der Waals surface area contributed by atoms with Gasteiger partial charge in [-0.2, -0.15) is 0 Å². The Morgan fingerprint density at radius 2 is 1.15 bits per heavy atom. The molecule has 1 aliphatic rings. The lowest BCUT2D eigenvalue weighted by Crippen LogP contribution is -2.60. The van der Waals surface area contributed by atoms with Gasteiger partial charge in [0.1, 0.15) is 36.6 Å². The molecule has 0 aromatic carbocycles. The summed E-state index contributed by atoms with van der Waals surface area (Å²) in [6.45, 7) is 3.36. The molecule has 1 amide bonds. The van der Waals surface area contributed by atoms with Gasteiger partial charge < -0.3 is 50.5 Å². The van der Waals surface area contributed by atoms with Gasteiger partial charge in [-0.25, -0.2) is 0 Å². The van der Waals surface area contributed by atoms with E-state index >= 15 is 0 Å². The number of carbonyl (C=O) groups excluding carboxylic acids is 1. The van der Waals surface area contributed by atoms with Crippen molar-refractivity contribution in [2.45, 2.75) is 217 Å². The van der Waals surface area contributed by atoms with Gasteiger partial charge in [0, 0.05) is 0 Å². The van der Waals surface area contributed by atoms with E-state index in [2.05, 4.69) is 43.5 Å². The number of unbranched alkanes of at least 4 members (excludes halogenated alkanes) is 18. The zero-order chi connectivity index (χ0) is 38.4. The van der Waals surface area contributed by atoms with Gasteiger partial charge in [-0.05, 0) is 38.5 Å². The van der Waals surface area contributed by atoms with Crippen molar-refractivity contribution >= 4 is 5.91 Å². The molecule has 1 heterocycles. The monoisotopic (exact) mass is 744 g/mol. The Morgan fingerprint density at radius 3 is 1.71 bits per heavy atom. The Hall–Kier alpha value is -1.41. The van der Waals surface area contributed by atoms with Gasteiger partial charge in [-0.3, -0.25) is 4.79 Å².